The highest BCUT2D eigenvalue weighted by atomic mass is 19.1. The third kappa shape index (κ3) is 1.89. The van der Waals surface area contributed by atoms with Crippen molar-refractivity contribution in [1.82, 2.24) is 10.2 Å². The van der Waals surface area contributed by atoms with Crippen LogP contribution in [-0.2, 0) is 16.6 Å². The van der Waals surface area contributed by atoms with E-state index >= 15 is 0 Å². The first-order chi connectivity index (χ1) is 11.6. The molecule has 1 N–H and O–H groups in total. The van der Waals surface area contributed by atoms with Gasteiger partial charge in [0.2, 0.25) is 0 Å². The average molecular weight is 323 g/mol. The SMILES string of the molecule is C[C@@H]1C(=O)C(C#N)C[C@@]2(c3cccc(F)c3)c3[nH]ncc3CC[C@@H]12. The van der Waals surface area contributed by atoms with Crippen LogP contribution in [0, 0.1) is 34.9 Å². The number of aromatic amines is 1. The Kier molecular flexibility index (Phi) is 3.31. The summed E-state index contributed by atoms with van der Waals surface area (Å²) in [6.07, 6.45) is 3.89. The second-order valence-corrected chi connectivity index (χ2v) is 6.97. The van der Waals surface area contributed by atoms with Crippen LogP contribution in [0.3, 0.4) is 0 Å². The molecule has 4 nitrogen and oxygen atoms in total. The van der Waals surface area contributed by atoms with E-state index < -0.39 is 11.3 Å². The molecule has 5 heteroatoms. The summed E-state index contributed by atoms with van der Waals surface area (Å²) in [7, 11) is 0. The van der Waals surface area contributed by atoms with Crippen LogP contribution in [-0.4, -0.2) is 16.0 Å². The molecule has 0 spiro atoms. The van der Waals surface area contributed by atoms with Crippen LogP contribution in [0.15, 0.2) is 30.5 Å². The van der Waals surface area contributed by atoms with E-state index in [1.807, 2.05) is 19.2 Å². The highest BCUT2D eigenvalue weighted by molar-refractivity contribution is 5.87. The second kappa shape index (κ2) is 5.27. The standard InChI is InChI=1S/C19H18FN3O/c1-11-16-6-5-12-10-22-23-18(12)19(16,8-13(9-21)17(11)24)14-3-2-4-15(20)7-14/h2-4,7,10-11,13,16H,5-6,8H2,1H3,(H,22,23)/t11-,13?,16-,19-/m0/s1. The average Bonchev–Trinajstić information content (AvgIpc) is 3.07. The van der Waals surface area contributed by atoms with Gasteiger partial charge in [-0.25, -0.2) is 4.39 Å². The summed E-state index contributed by atoms with van der Waals surface area (Å²) < 4.78 is 14.0. The third-order valence-corrected chi connectivity index (χ3v) is 5.94. The number of rotatable bonds is 1. The van der Waals surface area contributed by atoms with Crippen molar-refractivity contribution in [3.05, 3.63) is 53.1 Å². The van der Waals surface area contributed by atoms with E-state index in [0.29, 0.717) is 6.42 Å². The van der Waals surface area contributed by atoms with Gasteiger partial charge in [-0.2, -0.15) is 10.4 Å². The van der Waals surface area contributed by atoms with Crippen molar-refractivity contribution < 1.29 is 9.18 Å². The maximum absolute atomic E-state index is 14.0. The van der Waals surface area contributed by atoms with Crippen LogP contribution >= 0.6 is 0 Å². The fourth-order valence-electron chi connectivity index (χ4n) is 4.85. The number of hydrogen-bond donors (Lipinski definition) is 1. The molecule has 0 radical (unpaired) electrons. The number of hydrogen-bond acceptors (Lipinski definition) is 3. The molecule has 2 aliphatic rings. The number of aromatic nitrogens is 2. The van der Waals surface area contributed by atoms with Gasteiger partial charge < -0.3 is 0 Å². The lowest BCUT2D eigenvalue weighted by Crippen LogP contribution is -2.52. The lowest BCUT2D eigenvalue weighted by atomic mass is 9.51. The van der Waals surface area contributed by atoms with Gasteiger partial charge >= 0.3 is 0 Å². The van der Waals surface area contributed by atoms with Crippen LogP contribution in [0.1, 0.15) is 36.6 Å². The van der Waals surface area contributed by atoms with Crippen LogP contribution in [0.5, 0.6) is 0 Å². The van der Waals surface area contributed by atoms with Gasteiger partial charge in [-0.15, -0.1) is 0 Å². The van der Waals surface area contributed by atoms with E-state index in [4.69, 9.17) is 0 Å². The monoisotopic (exact) mass is 323 g/mol. The number of nitrogens with one attached hydrogen (secondary N) is 1. The molecule has 1 fully saturated rings. The molecule has 4 rings (SSSR count). The first kappa shape index (κ1) is 15.1. The Morgan fingerprint density at radius 1 is 1.46 bits per heavy atom. The second-order valence-electron chi connectivity index (χ2n) is 6.97. The maximum atomic E-state index is 14.0. The number of carbonyl (C=O) groups is 1. The highest BCUT2D eigenvalue weighted by Gasteiger charge is 2.56. The van der Waals surface area contributed by atoms with Gasteiger partial charge in [-0.3, -0.25) is 9.89 Å². The fraction of sp³-hybridized carbons (Fsp3) is 0.421. The zero-order valence-corrected chi connectivity index (χ0v) is 13.4. The Hall–Kier alpha value is -2.48. The largest absolute Gasteiger partial charge is 0.298 e. The molecule has 1 unspecified atom stereocenters. The van der Waals surface area contributed by atoms with E-state index in [1.165, 1.54) is 6.07 Å². The minimum absolute atomic E-state index is 0.0116. The molecular weight excluding hydrogens is 305 g/mol. The Labute approximate surface area is 139 Å². The zero-order valence-electron chi connectivity index (χ0n) is 13.4. The minimum Gasteiger partial charge on any atom is -0.298 e. The summed E-state index contributed by atoms with van der Waals surface area (Å²) in [5, 5.41) is 16.8. The molecular formula is C19H18FN3O. The van der Waals surface area contributed by atoms with E-state index in [1.54, 1.807) is 12.1 Å². The van der Waals surface area contributed by atoms with Crippen molar-refractivity contribution in [3.63, 3.8) is 0 Å². The highest BCUT2D eigenvalue weighted by Crippen LogP contribution is 2.55. The van der Waals surface area contributed by atoms with E-state index in [-0.39, 0.29) is 23.4 Å². The summed E-state index contributed by atoms with van der Waals surface area (Å²) >= 11 is 0. The Morgan fingerprint density at radius 3 is 3.04 bits per heavy atom. The van der Waals surface area contributed by atoms with Gasteiger partial charge in [0, 0.05) is 17.0 Å². The van der Waals surface area contributed by atoms with Crippen molar-refractivity contribution in [2.24, 2.45) is 17.8 Å². The fourth-order valence-corrected chi connectivity index (χ4v) is 4.85. The number of fused-ring (bicyclic) bond motifs is 3. The normalized spacial score (nSPS) is 31.9. The molecule has 122 valence electrons. The molecule has 1 saturated carbocycles. The molecule has 0 bridgehead atoms. The number of benzene rings is 1. The van der Waals surface area contributed by atoms with Gasteiger partial charge in [0.25, 0.3) is 0 Å². The minimum atomic E-state index is -0.672. The van der Waals surface area contributed by atoms with Gasteiger partial charge in [-0.1, -0.05) is 19.1 Å². The molecule has 1 aromatic heterocycles. The predicted octanol–water partition coefficient (Wildman–Crippen LogP) is 3.15. The lowest BCUT2D eigenvalue weighted by molar-refractivity contribution is -0.131. The topological polar surface area (TPSA) is 69.5 Å². The Morgan fingerprint density at radius 2 is 2.29 bits per heavy atom. The van der Waals surface area contributed by atoms with Crippen molar-refractivity contribution in [3.8, 4) is 6.07 Å². The van der Waals surface area contributed by atoms with Crippen molar-refractivity contribution in [2.75, 3.05) is 0 Å². The molecule has 1 aromatic carbocycles. The number of H-pyrrole nitrogens is 1. The number of ketones is 1. The molecule has 24 heavy (non-hydrogen) atoms. The number of halogens is 1. The number of nitriles is 1. The third-order valence-electron chi connectivity index (χ3n) is 5.94. The number of carbonyl (C=O) groups excluding carboxylic acids is 1. The Bertz CT molecular complexity index is 852. The van der Waals surface area contributed by atoms with Crippen LogP contribution in [0.25, 0.3) is 0 Å². The maximum Gasteiger partial charge on any atom is 0.153 e. The molecule has 1 heterocycles. The van der Waals surface area contributed by atoms with Crippen LogP contribution in [0.4, 0.5) is 4.39 Å². The molecule has 0 amide bonds. The quantitative estimate of drug-likeness (QED) is 0.876. The zero-order chi connectivity index (χ0) is 16.9. The number of Topliss-reactive ketones (excluding diaryl/α,β-unsaturated/α-hetero) is 1. The van der Waals surface area contributed by atoms with E-state index in [9.17, 15) is 14.4 Å². The summed E-state index contributed by atoms with van der Waals surface area (Å²) in [5.74, 6) is -1.15. The summed E-state index contributed by atoms with van der Waals surface area (Å²) in [4.78, 5) is 12.6. The molecule has 4 atom stereocenters. The summed E-state index contributed by atoms with van der Waals surface area (Å²) in [5.41, 5.74) is 2.33. The summed E-state index contributed by atoms with van der Waals surface area (Å²) in [6, 6.07) is 8.74. The van der Waals surface area contributed by atoms with Gasteiger partial charge in [0.15, 0.2) is 5.78 Å². The van der Waals surface area contributed by atoms with Crippen molar-refractivity contribution in [1.29, 1.82) is 5.26 Å². The smallest absolute Gasteiger partial charge is 0.153 e. The van der Waals surface area contributed by atoms with Gasteiger partial charge in [-0.05, 0) is 48.4 Å². The molecule has 2 aromatic rings. The lowest BCUT2D eigenvalue weighted by Gasteiger charge is -2.50. The Balaban J connectivity index is 1.99. The molecule has 0 saturated heterocycles. The molecule has 2 aliphatic carbocycles. The van der Waals surface area contributed by atoms with Crippen molar-refractivity contribution in [2.45, 2.75) is 31.6 Å². The van der Waals surface area contributed by atoms with Crippen LogP contribution < -0.4 is 0 Å². The number of nitrogens with zero attached hydrogens (tertiary/aromatic N) is 2. The predicted molar refractivity (Wildman–Crippen MR) is 85.5 cm³/mol. The van der Waals surface area contributed by atoms with Gasteiger partial charge in [0.05, 0.1) is 12.3 Å². The first-order valence-corrected chi connectivity index (χ1v) is 8.30. The molecule has 0 aliphatic heterocycles. The number of aryl methyl sites for hydroxylation is 1. The van der Waals surface area contributed by atoms with Gasteiger partial charge in [0.1, 0.15) is 11.7 Å². The summed E-state index contributed by atoms with van der Waals surface area (Å²) in [6.45, 7) is 1.91. The first-order valence-electron chi connectivity index (χ1n) is 8.30. The van der Waals surface area contributed by atoms with Crippen molar-refractivity contribution >= 4 is 5.78 Å². The van der Waals surface area contributed by atoms with E-state index in [2.05, 4.69) is 16.3 Å². The van der Waals surface area contributed by atoms with Crippen LogP contribution in [0.2, 0.25) is 0 Å². The van der Waals surface area contributed by atoms with E-state index in [0.717, 1.165) is 29.7 Å².